The molecule has 1 atom stereocenters. The van der Waals surface area contributed by atoms with Crippen molar-refractivity contribution in [1.82, 2.24) is 0 Å². The molecule has 0 aliphatic carbocycles. The summed E-state index contributed by atoms with van der Waals surface area (Å²) in [6.45, 7) is 2.08. The van der Waals surface area contributed by atoms with Crippen LogP contribution in [0.5, 0.6) is 11.5 Å². The van der Waals surface area contributed by atoms with Gasteiger partial charge in [0, 0.05) is 0 Å². The highest BCUT2D eigenvalue weighted by molar-refractivity contribution is 9.09. The number of halogens is 1. The van der Waals surface area contributed by atoms with Crippen molar-refractivity contribution in [1.29, 1.82) is 0 Å². The van der Waals surface area contributed by atoms with Gasteiger partial charge in [-0.2, -0.15) is 0 Å². The lowest BCUT2D eigenvalue weighted by Crippen LogP contribution is -1.99. The minimum absolute atomic E-state index is 0.147. The van der Waals surface area contributed by atoms with E-state index < -0.39 is 0 Å². The molecule has 0 heterocycles. The zero-order chi connectivity index (χ0) is 13.8. The predicted molar refractivity (Wildman–Crippen MR) is 81.5 cm³/mol. The van der Waals surface area contributed by atoms with Gasteiger partial charge in [0.1, 0.15) is 0 Å². The van der Waals surface area contributed by atoms with E-state index in [1.54, 1.807) is 14.2 Å². The maximum atomic E-state index is 5.37. The van der Waals surface area contributed by atoms with Crippen LogP contribution in [0.25, 0.3) is 0 Å². The molecule has 0 N–H and O–H groups in total. The van der Waals surface area contributed by atoms with Crippen molar-refractivity contribution in [3.63, 3.8) is 0 Å². The third kappa shape index (κ3) is 2.92. The number of hydrogen-bond donors (Lipinski definition) is 0. The SMILES string of the molecule is COc1cc(C)c(C(Br)c2ccccc2)cc1OC. The Morgan fingerprint density at radius 2 is 1.53 bits per heavy atom. The van der Waals surface area contributed by atoms with Crippen LogP contribution >= 0.6 is 15.9 Å². The van der Waals surface area contributed by atoms with E-state index in [4.69, 9.17) is 9.47 Å². The normalized spacial score (nSPS) is 12.0. The van der Waals surface area contributed by atoms with Gasteiger partial charge < -0.3 is 9.47 Å². The number of hydrogen-bond acceptors (Lipinski definition) is 2. The number of alkyl halides is 1. The lowest BCUT2D eigenvalue weighted by atomic mass is 9.99. The highest BCUT2D eigenvalue weighted by Gasteiger charge is 2.16. The van der Waals surface area contributed by atoms with Gasteiger partial charge in [0.2, 0.25) is 0 Å². The molecule has 0 bridgehead atoms. The van der Waals surface area contributed by atoms with Gasteiger partial charge in [-0.15, -0.1) is 0 Å². The monoisotopic (exact) mass is 320 g/mol. The van der Waals surface area contributed by atoms with Crippen molar-refractivity contribution in [3.8, 4) is 11.5 Å². The molecule has 0 fully saturated rings. The fourth-order valence-electron chi connectivity index (χ4n) is 2.07. The Labute approximate surface area is 122 Å². The average Bonchev–Trinajstić information content (AvgIpc) is 2.47. The summed E-state index contributed by atoms with van der Waals surface area (Å²) in [7, 11) is 3.31. The number of methoxy groups -OCH3 is 2. The van der Waals surface area contributed by atoms with Crippen molar-refractivity contribution < 1.29 is 9.47 Å². The maximum absolute atomic E-state index is 5.37. The Kier molecular flexibility index (Phi) is 4.48. The van der Waals surface area contributed by atoms with Crippen LogP contribution in [0.15, 0.2) is 42.5 Å². The Hall–Kier alpha value is -1.48. The van der Waals surface area contributed by atoms with E-state index in [2.05, 4.69) is 35.0 Å². The van der Waals surface area contributed by atoms with Crippen LogP contribution in [-0.2, 0) is 0 Å². The summed E-state index contributed by atoms with van der Waals surface area (Å²) in [5.74, 6) is 1.51. The van der Waals surface area contributed by atoms with Gasteiger partial charge in [-0.3, -0.25) is 0 Å². The van der Waals surface area contributed by atoms with Gasteiger partial charge in [0.15, 0.2) is 11.5 Å². The van der Waals surface area contributed by atoms with E-state index in [0.29, 0.717) is 0 Å². The standard InChI is InChI=1S/C16H17BrO2/c1-11-9-14(18-2)15(19-3)10-13(11)16(17)12-7-5-4-6-8-12/h4-10,16H,1-3H3. The molecular formula is C16H17BrO2. The molecule has 0 aromatic heterocycles. The van der Waals surface area contributed by atoms with Crippen LogP contribution in [0, 0.1) is 6.92 Å². The summed E-state index contributed by atoms with van der Waals surface area (Å²) < 4.78 is 10.7. The number of aryl methyl sites for hydroxylation is 1. The first-order valence-corrected chi connectivity index (χ1v) is 7.00. The molecule has 3 heteroatoms. The summed E-state index contributed by atoms with van der Waals surface area (Å²) in [5.41, 5.74) is 3.57. The zero-order valence-electron chi connectivity index (χ0n) is 11.3. The van der Waals surface area contributed by atoms with Crippen molar-refractivity contribution in [3.05, 3.63) is 59.2 Å². The van der Waals surface area contributed by atoms with Crippen molar-refractivity contribution in [2.75, 3.05) is 14.2 Å². The average molecular weight is 321 g/mol. The van der Waals surface area contributed by atoms with Gasteiger partial charge in [-0.25, -0.2) is 0 Å². The molecule has 2 rings (SSSR count). The molecule has 0 aliphatic rings. The Balaban J connectivity index is 2.45. The molecule has 2 aromatic carbocycles. The van der Waals surface area contributed by atoms with Gasteiger partial charge in [-0.05, 0) is 35.7 Å². The smallest absolute Gasteiger partial charge is 0.161 e. The van der Waals surface area contributed by atoms with Crippen molar-refractivity contribution in [2.45, 2.75) is 11.8 Å². The Morgan fingerprint density at radius 1 is 0.947 bits per heavy atom. The molecule has 0 saturated carbocycles. The van der Waals surface area contributed by atoms with E-state index in [-0.39, 0.29) is 4.83 Å². The van der Waals surface area contributed by atoms with E-state index in [1.807, 2.05) is 30.3 Å². The van der Waals surface area contributed by atoms with Crippen LogP contribution < -0.4 is 9.47 Å². The predicted octanol–water partition coefficient (Wildman–Crippen LogP) is 4.50. The molecule has 0 saturated heterocycles. The Bertz CT molecular complexity index is 552. The molecule has 0 spiro atoms. The van der Waals surface area contributed by atoms with Crippen LogP contribution in [0.3, 0.4) is 0 Å². The second-order valence-corrected chi connectivity index (χ2v) is 5.25. The molecule has 2 nitrogen and oxygen atoms in total. The van der Waals surface area contributed by atoms with Crippen molar-refractivity contribution in [2.24, 2.45) is 0 Å². The number of rotatable bonds is 4. The topological polar surface area (TPSA) is 18.5 Å². The molecular weight excluding hydrogens is 304 g/mol. The molecule has 1 unspecified atom stereocenters. The summed E-state index contributed by atoms with van der Waals surface area (Å²) in [5, 5.41) is 0. The fourth-order valence-corrected chi connectivity index (χ4v) is 2.87. The highest BCUT2D eigenvalue weighted by Crippen LogP contribution is 2.38. The third-order valence-electron chi connectivity index (χ3n) is 3.14. The van der Waals surface area contributed by atoms with Gasteiger partial charge in [0.05, 0.1) is 19.0 Å². The number of ether oxygens (including phenoxy) is 2. The van der Waals surface area contributed by atoms with E-state index in [1.165, 1.54) is 16.7 Å². The summed E-state index contributed by atoms with van der Waals surface area (Å²) in [6, 6.07) is 14.3. The molecule has 100 valence electrons. The fraction of sp³-hybridized carbons (Fsp3) is 0.250. The largest absolute Gasteiger partial charge is 0.493 e. The van der Waals surface area contributed by atoms with Crippen LogP contribution in [0.4, 0.5) is 0 Å². The summed E-state index contributed by atoms with van der Waals surface area (Å²) in [6.07, 6.45) is 0. The van der Waals surface area contributed by atoms with Crippen LogP contribution in [0.1, 0.15) is 21.5 Å². The zero-order valence-corrected chi connectivity index (χ0v) is 12.9. The van der Waals surface area contributed by atoms with E-state index >= 15 is 0 Å². The molecule has 19 heavy (non-hydrogen) atoms. The first kappa shape index (κ1) is 13.9. The minimum Gasteiger partial charge on any atom is -0.493 e. The van der Waals surface area contributed by atoms with Crippen molar-refractivity contribution >= 4 is 15.9 Å². The minimum atomic E-state index is 0.147. The summed E-state index contributed by atoms with van der Waals surface area (Å²) >= 11 is 3.76. The number of benzene rings is 2. The van der Waals surface area contributed by atoms with Crippen LogP contribution in [-0.4, -0.2) is 14.2 Å². The first-order chi connectivity index (χ1) is 9.17. The van der Waals surface area contributed by atoms with Gasteiger partial charge >= 0.3 is 0 Å². The first-order valence-electron chi connectivity index (χ1n) is 6.09. The van der Waals surface area contributed by atoms with E-state index in [0.717, 1.165) is 11.5 Å². The van der Waals surface area contributed by atoms with Gasteiger partial charge in [0.25, 0.3) is 0 Å². The quantitative estimate of drug-likeness (QED) is 0.772. The molecule has 0 aliphatic heterocycles. The summed E-state index contributed by atoms with van der Waals surface area (Å²) in [4.78, 5) is 0.147. The second kappa shape index (κ2) is 6.11. The molecule has 2 aromatic rings. The Morgan fingerprint density at radius 3 is 2.11 bits per heavy atom. The van der Waals surface area contributed by atoms with Crippen LogP contribution in [0.2, 0.25) is 0 Å². The third-order valence-corrected chi connectivity index (χ3v) is 4.16. The molecule has 0 amide bonds. The van der Waals surface area contributed by atoms with E-state index in [9.17, 15) is 0 Å². The lowest BCUT2D eigenvalue weighted by molar-refractivity contribution is 0.354. The highest BCUT2D eigenvalue weighted by atomic mass is 79.9. The van der Waals surface area contributed by atoms with Gasteiger partial charge in [-0.1, -0.05) is 46.3 Å². The molecule has 0 radical (unpaired) electrons. The maximum Gasteiger partial charge on any atom is 0.161 e. The lowest BCUT2D eigenvalue weighted by Gasteiger charge is -2.17. The second-order valence-electron chi connectivity index (χ2n) is 4.34.